The van der Waals surface area contributed by atoms with Crippen LogP contribution < -0.4 is 5.43 Å². The molecule has 3 aromatic carbocycles. The summed E-state index contributed by atoms with van der Waals surface area (Å²) >= 11 is 0. The lowest BCUT2D eigenvalue weighted by molar-refractivity contribution is -0.133. The minimum Gasteiger partial charge on any atom is -0.464 e. The maximum atomic E-state index is 13.8. The Kier molecular flexibility index (Phi) is 8.92. The minimum absolute atomic E-state index is 0.0139. The third-order valence-electron chi connectivity index (χ3n) is 6.72. The second-order valence-electron chi connectivity index (χ2n) is 10.2. The molecule has 7 heteroatoms. The number of para-hydroxylation sites is 1. The largest absolute Gasteiger partial charge is 0.464 e. The summed E-state index contributed by atoms with van der Waals surface area (Å²) in [5.74, 6) is -0.577. The van der Waals surface area contributed by atoms with Crippen LogP contribution >= 0.6 is 0 Å². The van der Waals surface area contributed by atoms with Gasteiger partial charge in [0, 0.05) is 18.7 Å². The summed E-state index contributed by atoms with van der Waals surface area (Å²) in [6.07, 6.45) is 2.11. The van der Waals surface area contributed by atoms with E-state index in [0.717, 1.165) is 12.0 Å². The lowest BCUT2D eigenvalue weighted by Gasteiger charge is -2.28. The standard InChI is InChI=1S/C32H33FN2O4/c1-22(2)16-17-34(32(38)27-9-5-4-8-23(27)3)20-30(36)35(18-24-12-14-26(33)15-13-24)19-25-21-39-29-11-7-6-10-28(29)31(25)37/h4-15,21-22H,16-20H2,1-3H3. The lowest BCUT2D eigenvalue weighted by atomic mass is 10.1. The van der Waals surface area contributed by atoms with E-state index in [1.54, 1.807) is 47.4 Å². The van der Waals surface area contributed by atoms with Crippen LogP contribution in [0.3, 0.4) is 0 Å². The Bertz CT molecular complexity index is 1510. The van der Waals surface area contributed by atoms with Crippen molar-refractivity contribution in [2.75, 3.05) is 13.1 Å². The molecular weight excluding hydrogens is 495 g/mol. The van der Waals surface area contributed by atoms with Gasteiger partial charge in [0.25, 0.3) is 5.91 Å². The van der Waals surface area contributed by atoms with E-state index < -0.39 is 0 Å². The Labute approximate surface area is 227 Å². The van der Waals surface area contributed by atoms with E-state index in [-0.39, 0.29) is 42.7 Å². The van der Waals surface area contributed by atoms with Crippen LogP contribution in [0, 0.1) is 18.7 Å². The molecule has 4 rings (SSSR count). The predicted molar refractivity (Wildman–Crippen MR) is 150 cm³/mol. The van der Waals surface area contributed by atoms with Crippen molar-refractivity contribution in [1.29, 1.82) is 0 Å². The minimum atomic E-state index is -0.379. The van der Waals surface area contributed by atoms with Crippen molar-refractivity contribution in [3.8, 4) is 0 Å². The van der Waals surface area contributed by atoms with Gasteiger partial charge in [-0.1, -0.05) is 56.3 Å². The number of aryl methyl sites for hydroxylation is 1. The molecule has 4 aromatic rings. The third kappa shape index (κ3) is 6.99. The van der Waals surface area contributed by atoms with Crippen LogP contribution in [0.2, 0.25) is 0 Å². The molecule has 0 fully saturated rings. The molecule has 0 saturated carbocycles. The molecule has 0 aliphatic carbocycles. The van der Waals surface area contributed by atoms with E-state index >= 15 is 0 Å². The number of nitrogens with zero attached hydrogens (tertiary/aromatic N) is 2. The van der Waals surface area contributed by atoms with Gasteiger partial charge in [-0.15, -0.1) is 0 Å². The van der Waals surface area contributed by atoms with Crippen molar-refractivity contribution in [3.63, 3.8) is 0 Å². The topological polar surface area (TPSA) is 70.8 Å². The van der Waals surface area contributed by atoms with Crippen LogP contribution in [0.4, 0.5) is 4.39 Å². The van der Waals surface area contributed by atoms with Gasteiger partial charge < -0.3 is 14.2 Å². The molecule has 0 atom stereocenters. The van der Waals surface area contributed by atoms with Gasteiger partial charge in [-0.3, -0.25) is 14.4 Å². The van der Waals surface area contributed by atoms with Gasteiger partial charge >= 0.3 is 0 Å². The summed E-state index contributed by atoms with van der Waals surface area (Å²) in [4.78, 5) is 43.6. The van der Waals surface area contributed by atoms with Crippen LogP contribution in [-0.2, 0) is 17.9 Å². The van der Waals surface area contributed by atoms with Crippen LogP contribution in [0.25, 0.3) is 11.0 Å². The monoisotopic (exact) mass is 528 g/mol. The van der Waals surface area contributed by atoms with Crippen molar-refractivity contribution in [2.24, 2.45) is 5.92 Å². The predicted octanol–water partition coefficient (Wildman–Crippen LogP) is 5.96. The molecule has 1 aromatic heterocycles. The SMILES string of the molecule is Cc1ccccc1C(=O)N(CCC(C)C)CC(=O)N(Cc1ccc(F)cc1)Cc1coc2ccccc2c1=O. The van der Waals surface area contributed by atoms with Crippen LogP contribution in [0.1, 0.15) is 47.3 Å². The number of rotatable bonds is 10. The molecule has 0 saturated heterocycles. The van der Waals surface area contributed by atoms with Gasteiger partial charge in [-0.05, 0) is 60.7 Å². The summed E-state index contributed by atoms with van der Waals surface area (Å²) in [6, 6.07) is 20.1. The fourth-order valence-corrected chi connectivity index (χ4v) is 4.39. The third-order valence-corrected chi connectivity index (χ3v) is 6.72. The van der Waals surface area contributed by atoms with E-state index in [1.807, 2.05) is 25.1 Å². The van der Waals surface area contributed by atoms with Crippen LogP contribution in [-0.4, -0.2) is 34.7 Å². The second-order valence-corrected chi connectivity index (χ2v) is 10.2. The van der Waals surface area contributed by atoms with Crippen molar-refractivity contribution in [1.82, 2.24) is 9.80 Å². The maximum absolute atomic E-state index is 13.8. The van der Waals surface area contributed by atoms with Gasteiger partial charge in [0.05, 0.1) is 23.8 Å². The van der Waals surface area contributed by atoms with Crippen LogP contribution in [0.5, 0.6) is 0 Å². The normalized spacial score (nSPS) is 11.1. The van der Waals surface area contributed by atoms with E-state index in [0.29, 0.717) is 40.1 Å². The molecule has 0 aliphatic rings. The molecule has 0 radical (unpaired) electrons. The molecule has 2 amide bonds. The summed E-state index contributed by atoms with van der Waals surface area (Å²) in [7, 11) is 0. The molecule has 39 heavy (non-hydrogen) atoms. The molecule has 0 N–H and O–H groups in total. The van der Waals surface area contributed by atoms with Crippen molar-refractivity contribution in [2.45, 2.75) is 40.3 Å². The number of hydrogen-bond donors (Lipinski definition) is 0. The number of benzene rings is 3. The zero-order chi connectivity index (χ0) is 27.9. The first kappa shape index (κ1) is 27.8. The van der Waals surface area contributed by atoms with Crippen LogP contribution in [0.15, 0.2) is 88.3 Å². The zero-order valence-electron chi connectivity index (χ0n) is 22.5. The van der Waals surface area contributed by atoms with Gasteiger partial charge in [-0.25, -0.2) is 4.39 Å². The first-order valence-electron chi connectivity index (χ1n) is 13.1. The van der Waals surface area contributed by atoms with Crippen molar-refractivity contribution in [3.05, 3.63) is 117 Å². The number of fused-ring (bicyclic) bond motifs is 1. The highest BCUT2D eigenvalue weighted by molar-refractivity contribution is 5.97. The Morgan fingerprint density at radius 1 is 0.897 bits per heavy atom. The molecule has 0 unspecified atom stereocenters. The Balaban J connectivity index is 1.65. The summed E-state index contributed by atoms with van der Waals surface area (Å²) in [6.45, 7) is 6.40. The van der Waals surface area contributed by atoms with Gasteiger partial charge in [0.1, 0.15) is 17.9 Å². The first-order valence-corrected chi connectivity index (χ1v) is 13.1. The lowest BCUT2D eigenvalue weighted by Crippen LogP contribution is -2.43. The fraction of sp³-hybridized carbons (Fsp3) is 0.281. The highest BCUT2D eigenvalue weighted by atomic mass is 19.1. The zero-order valence-corrected chi connectivity index (χ0v) is 22.5. The molecule has 0 bridgehead atoms. The van der Waals surface area contributed by atoms with E-state index in [1.165, 1.54) is 23.3 Å². The number of carbonyl (C=O) groups is 2. The van der Waals surface area contributed by atoms with E-state index in [9.17, 15) is 18.8 Å². The fourth-order valence-electron chi connectivity index (χ4n) is 4.39. The van der Waals surface area contributed by atoms with Gasteiger partial charge in [-0.2, -0.15) is 0 Å². The molecule has 1 heterocycles. The highest BCUT2D eigenvalue weighted by Crippen LogP contribution is 2.17. The van der Waals surface area contributed by atoms with E-state index in [2.05, 4.69) is 13.8 Å². The van der Waals surface area contributed by atoms with Gasteiger partial charge in [0.15, 0.2) is 5.43 Å². The van der Waals surface area contributed by atoms with E-state index in [4.69, 9.17) is 4.42 Å². The quantitative estimate of drug-likeness (QED) is 0.255. The van der Waals surface area contributed by atoms with Crippen molar-refractivity contribution < 1.29 is 18.4 Å². The number of halogens is 1. The Hall–Kier alpha value is -4.26. The Morgan fingerprint density at radius 3 is 2.31 bits per heavy atom. The maximum Gasteiger partial charge on any atom is 0.254 e. The smallest absolute Gasteiger partial charge is 0.254 e. The molecule has 0 spiro atoms. The highest BCUT2D eigenvalue weighted by Gasteiger charge is 2.25. The van der Waals surface area contributed by atoms with Crippen molar-refractivity contribution >= 4 is 22.8 Å². The number of hydrogen-bond acceptors (Lipinski definition) is 4. The average molecular weight is 529 g/mol. The average Bonchev–Trinajstić information content (AvgIpc) is 2.93. The molecule has 0 aliphatic heterocycles. The summed E-state index contributed by atoms with van der Waals surface area (Å²) < 4.78 is 19.2. The van der Waals surface area contributed by atoms with Gasteiger partial charge in [0.2, 0.25) is 5.91 Å². The molecule has 202 valence electrons. The summed E-state index contributed by atoms with van der Waals surface area (Å²) in [5, 5.41) is 0.428. The number of carbonyl (C=O) groups excluding carboxylic acids is 2. The summed E-state index contributed by atoms with van der Waals surface area (Å²) in [5.41, 5.74) is 2.65. The first-order chi connectivity index (χ1) is 18.7. The molecular formula is C32H33FN2O4. The number of amides is 2. The second kappa shape index (κ2) is 12.5. The molecule has 6 nitrogen and oxygen atoms in total. The Morgan fingerprint density at radius 2 is 1.59 bits per heavy atom.